The van der Waals surface area contributed by atoms with E-state index in [2.05, 4.69) is 10.6 Å². The Morgan fingerprint density at radius 3 is 2.24 bits per heavy atom. The van der Waals surface area contributed by atoms with Crippen molar-refractivity contribution in [3.8, 4) is 0 Å². The van der Waals surface area contributed by atoms with Crippen molar-refractivity contribution in [2.45, 2.75) is 39.8 Å². The quantitative estimate of drug-likeness (QED) is 0.670. The molecule has 0 aliphatic carbocycles. The van der Waals surface area contributed by atoms with E-state index in [1.54, 1.807) is 0 Å². The van der Waals surface area contributed by atoms with Crippen molar-refractivity contribution in [2.24, 2.45) is 5.41 Å². The van der Waals surface area contributed by atoms with Crippen LogP contribution in [0, 0.1) is 5.41 Å². The molecule has 0 fully saturated rings. The first-order valence-corrected chi connectivity index (χ1v) is 5.48. The Hall–Kier alpha value is -1.30. The van der Waals surface area contributed by atoms with Gasteiger partial charge < -0.3 is 20.5 Å². The molecule has 0 aromatic heterocycles. The molecule has 6 nitrogen and oxygen atoms in total. The van der Waals surface area contributed by atoms with Gasteiger partial charge in [-0.05, 0) is 12.3 Å². The van der Waals surface area contributed by atoms with E-state index < -0.39 is 18.1 Å². The summed E-state index contributed by atoms with van der Waals surface area (Å²) in [5.74, 6) is -1.10. The summed E-state index contributed by atoms with van der Waals surface area (Å²) in [4.78, 5) is 22.1. The molecule has 6 heteroatoms. The molecule has 0 saturated carbocycles. The molecule has 0 spiro atoms. The molecule has 0 aliphatic heterocycles. The molecule has 3 N–H and O–H groups in total. The molecule has 0 rings (SSSR count). The van der Waals surface area contributed by atoms with Gasteiger partial charge in [-0.1, -0.05) is 20.8 Å². The zero-order valence-electron chi connectivity index (χ0n) is 11.0. The summed E-state index contributed by atoms with van der Waals surface area (Å²) in [5.41, 5.74) is -0.0508. The van der Waals surface area contributed by atoms with Crippen LogP contribution >= 0.6 is 0 Å². The van der Waals surface area contributed by atoms with Gasteiger partial charge in [0.25, 0.3) is 0 Å². The zero-order chi connectivity index (χ0) is 13.6. The van der Waals surface area contributed by atoms with Crippen molar-refractivity contribution in [3.63, 3.8) is 0 Å². The number of methoxy groups -OCH3 is 1. The van der Waals surface area contributed by atoms with Crippen LogP contribution in [0.1, 0.15) is 27.7 Å². The maximum atomic E-state index is 11.5. The second-order valence-electron chi connectivity index (χ2n) is 5.00. The average Bonchev–Trinajstić information content (AvgIpc) is 2.16. The predicted octanol–water partition coefficient (Wildman–Crippen LogP) is 0.820. The maximum absolute atomic E-state index is 11.5. The van der Waals surface area contributed by atoms with Crippen LogP contribution in [0.5, 0.6) is 0 Å². The Bertz CT molecular complexity index is 273. The summed E-state index contributed by atoms with van der Waals surface area (Å²) in [5, 5.41) is 13.9. The SMILES string of the molecule is COC(CNC(=O)NC(C)C(C)(C)C)C(=O)O. The molecule has 2 amide bonds. The molecule has 0 bridgehead atoms. The number of ether oxygens (including phenoxy) is 1. The van der Waals surface area contributed by atoms with Crippen LogP contribution in [-0.4, -0.2) is 42.9 Å². The van der Waals surface area contributed by atoms with Gasteiger partial charge >= 0.3 is 12.0 Å². The lowest BCUT2D eigenvalue weighted by Crippen LogP contribution is -2.48. The Labute approximate surface area is 102 Å². The Kier molecular flexibility index (Phi) is 5.95. The minimum Gasteiger partial charge on any atom is -0.479 e. The smallest absolute Gasteiger partial charge is 0.334 e. The van der Waals surface area contributed by atoms with Crippen molar-refractivity contribution in [2.75, 3.05) is 13.7 Å². The standard InChI is InChI=1S/C11H22N2O4/c1-7(11(2,3)4)13-10(16)12-6-8(17-5)9(14)15/h7-8H,6H2,1-5H3,(H,14,15)(H2,12,13,16). The van der Waals surface area contributed by atoms with Crippen LogP contribution in [-0.2, 0) is 9.53 Å². The lowest BCUT2D eigenvalue weighted by molar-refractivity contribution is -0.147. The summed E-state index contributed by atoms with van der Waals surface area (Å²) < 4.78 is 4.69. The fourth-order valence-electron chi connectivity index (χ4n) is 0.921. The van der Waals surface area contributed by atoms with E-state index in [4.69, 9.17) is 9.84 Å². The Morgan fingerprint density at radius 1 is 1.35 bits per heavy atom. The Balaban J connectivity index is 4.07. The first-order valence-electron chi connectivity index (χ1n) is 5.48. The van der Waals surface area contributed by atoms with E-state index in [1.165, 1.54) is 7.11 Å². The second kappa shape index (κ2) is 6.44. The molecule has 0 aromatic rings. The number of hydrogen-bond donors (Lipinski definition) is 3. The second-order valence-corrected chi connectivity index (χ2v) is 5.00. The van der Waals surface area contributed by atoms with Gasteiger partial charge in [0.15, 0.2) is 6.10 Å². The maximum Gasteiger partial charge on any atom is 0.334 e. The van der Waals surface area contributed by atoms with Crippen molar-refractivity contribution in [1.29, 1.82) is 0 Å². The fraction of sp³-hybridized carbons (Fsp3) is 0.818. The summed E-state index contributed by atoms with van der Waals surface area (Å²) in [7, 11) is 1.29. The minimum absolute atomic E-state index is 0.0201. The van der Waals surface area contributed by atoms with E-state index >= 15 is 0 Å². The molecule has 2 unspecified atom stereocenters. The molecule has 0 aromatic carbocycles. The van der Waals surface area contributed by atoms with Crippen molar-refractivity contribution >= 4 is 12.0 Å². The van der Waals surface area contributed by atoms with E-state index in [-0.39, 0.29) is 18.0 Å². The first-order chi connectivity index (χ1) is 7.68. The Morgan fingerprint density at radius 2 is 1.88 bits per heavy atom. The zero-order valence-corrected chi connectivity index (χ0v) is 11.0. The van der Waals surface area contributed by atoms with E-state index in [1.807, 2.05) is 27.7 Å². The highest BCUT2D eigenvalue weighted by atomic mass is 16.5. The number of nitrogens with one attached hydrogen (secondary N) is 2. The normalized spacial score (nSPS) is 14.9. The number of carbonyl (C=O) groups is 2. The van der Waals surface area contributed by atoms with E-state index in [0.717, 1.165) is 0 Å². The molecule has 0 aliphatic rings. The molecular weight excluding hydrogens is 224 g/mol. The van der Waals surface area contributed by atoms with E-state index in [9.17, 15) is 9.59 Å². The number of carbonyl (C=O) groups excluding carboxylic acids is 1. The van der Waals surface area contributed by atoms with Crippen LogP contribution in [0.3, 0.4) is 0 Å². The lowest BCUT2D eigenvalue weighted by Gasteiger charge is -2.28. The van der Waals surface area contributed by atoms with Crippen LogP contribution in [0.2, 0.25) is 0 Å². The highest BCUT2D eigenvalue weighted by Gasteiger charge is 2.22. The largest absolute Gasteiger partial charge is 0.479 e. The number of hydrogen-bond acceptors (Lipinski definition) is 3. The predicted molar refractivity (Wildman–Crippen MR) is 63.9 cm³/mol. The number of rotatable bonds is 5. The first kappa shape index (κ1) is 15.7. The topological polar surface area (TPSA) is 87.7 Å². The summed E-state index contributed by atoms with van der Waals surface area (Å²) in [6, 6.07) is -0.413. The van der Waals surface area contributed by atoms with E-state index in [0.29, 0.717) is 0 Å². The van der Waals surface area contributed by atoms with Gasteiger partial charge in [0, 0.05) is 13.2 Å². The van der Waals surface area contributed by atoms with Gasteiger partial charge in [0.2, 0.25) is 0 Å². The summed E-state index contributed by atoms with van der Waals surface area (Å²) >= 11 is 0. The third-order valence-corrected chi connectivity index (χ3v) is 2.65. The van der Waals surface area contributed by atoms with Crippen LogP contribution in [0.25, 0.3) is 0 Å². The molecule has 0 radical (unpaired) electrons. The number of carboxylic acids is 1. The lowest BCUT2D eigenvalue weighted by atomic mass is 9.88. The minimum atomic E-state index is -1.10. The highest BCUT2D eigenvalue weighted by molar-refractivity contribution is 5.77. The third-order valence-electron chi connectivity index (χ3n) is 2.65. The average molecular weight is 246 g/mol. The molecule has 0 heterocycles. The summed E-state index contributed by atoms with van der Waals surface area (Å²) in [6.07, 6.45) is -1.02. The summed E-state index contributed by atoms with van der Waals surface area (Å²) in [6.45, 7) is 7.85. The van der Waals surface area contributed by atoms with Crippen molar-refractivity contribution in [3.05, 3.63) is 0 Å². The van der Waals surface area contributed by atoms with Crippen molar-refractivity contribution in [1.82, 2.24) is 10.6 Å². The van der Waals surface area contributed by atoms with Gasteiger partial charge in [0.05, 0.1) is 6.54 Å². The van der Waals surface area contributed by atoms with Gasteiger partial charge in [-0.25, -0.2) is 9.59 Å². The fourth-order valence-corrected chi connectivity index (χ4v) is 0.921. The van der Waals surface area contributed by atoms with Gasteiger partial charge in [-0.3, -0.25) is 0 Å². The number of urea groups is 1. The van der Waals surface area contributed by atoms with Crippen LogP contribution in [0.15, 0.2) is 0 Å². The van der Waals surface area contributed by atoms with Crippen LogP contribution in [0.4, 0.5) is 4.79 Å². The molecule has 100 valence electrons. The van der Waals surface area contributed by atoms with Crippen molar-refractivity contribution < 1.29 is 19.4 Å². The van der Waals surface area contributed by atoms with Crippen LogP contribution < -0.4 is 10.6 Å². The molecule has 0 saturated heterocycles. The molecule has 2 atom stereocenters. The third kappa shape index (κ3) is 6.11. The monoisotopic (exact) mass is 246 g/mol. The number of carboxylic acid groups (broad SMARTS) is 1. The number of aliphatic carboxylic acids is 1. The molecular formula is C11H22N2O4. The molecule has 17 heavy (non-hydrogen) atoms. The van der Waals surface area contributed by atoms with Gasteiger partial charge in [0.1, 0.15) is 0 Å². The highest BCUT2D eigenvalue weighted by Crippen LogP contribution is 2.18. The van der Waals surface area contributed by atoms with Gasteiger partial charge in [-0.2, -0.15) is 0 Å². The van der Waals surface area contributed by atoms with Gasteiger partial charge in [-0.15, -0.1) is 0 Å². The number of amides is 2.